The van der Waals surface area contributed by atoms with Gasteiger partial charge in [0, 0.05) is 5.33 Å². The number of halogens is 2. The number of carbonyl (C=O) groups is 1. The molecule has 3 nitrogen and oxygen atoms in total. The van der Waals surface area contributed by atoms with Crippen molar-refractivity contribution in [3.63, 3.8) is 0 Å². The van der Waals surface area contributed by atoms with E-state index in [9.17, 15) is 4.79 Å². The van der Waals surface area contributed by atoms with Crippen LogP contribution in [0.15, 0.2) is 18.2 Å². The summed E-state index contributed by atoms with van der Waals surface area (Å²) in [5.74, 6) is 0.105. The molecule has 0 spiro atoms. The first kappa shape index (κ1) is 14.3. The molecule has 0 saturated carbocycles. The number of alkyl halides is 1. The van der Waals surface area contributed by atoms with E-state index in [1.54, 1.807) is 6.07 Å². The van der Waals surface area contributed by atoms with E-state index in [0.29, 0.717) is 22.5 Å². The van der Waals surface area contributed by atoms with Crippen molar-refractivity contribution >= 4 is 33.5 Å². The van der Waals surface area contributed by atoms with Crippen LogP contribution in [0.5, 0.6) is 5.75 Å². The fourth-order valence-electron chi connectivity index (χ4n) is 1.30. The molecular weight excluding hydrogens is 307 g/mol. The average Bonchev–Trinajstić information content (AvgIpc) is 2.36. The Morgan fingerprint density at radius 1 is 1.53 bits per heavy atom. The Bertz CT molecular complexity index is 395. The van der Waals surface area contributed by atoms with E-state index in [2.05, 4.69) is 20.7 Å². The maximum absolute atomic E-state index is 11.4. The minimum absolute atomic E-state index is 0.396. The summed E-state index contributed by atoms with van der Waals surface area (Å²) in [4.78, 5) is 11.4. The number of benzene rings is 1. The predicted molar refractivity (Wildman–Crippen MR) is 70.8 cm³/mol. The molecule has 17 heavy (non-hydrogen) atoms. The van der Waals surface area contributed by atoms with Gasteiger partial charge in [-0.25, -0.2) is 4.79 Å². The minimum Gasteiger partial charge on any atom is -0.477 e. The van der Waals surface area contributed by atoms with E-state index in [0.717, 1.165) is 5.56 Å². The molecule has 0 saturated heterocycles. The van der Waals surface area contributed by atoms with E-state index in [4.69, 9.17) is 16.3 Å². The first-order valence-electron chi connectivity index (χ1n) is 5.21. The highest BCUT2D eigenvalue weighted by Gasteiger charge is 2.20. The largest absolute Gasteiger partial charge is 0.477 e. The summed E-state index contributed by atoms with van der Waals surface area (Å²) in [6, 6.07) is 5.45. The molecule has 0 fully saturated rings. The van der Waals surface area contributed by atoms with Gasteiger partial charge in [-0.2, -0.15) is 0 Å². The van der Waals surface area contributed by atoms with Gasteiger partial charge in [-0.15, -0.1) is 0 Å². The van der Waals surface area contributed by atoms with E-state index in [-0.39, 0.29) is 0 Å². The molecule has 1 aromatic rings. The van der Waals surface area contributed by atoms with Crippen LogP contribution in [0.2, 0.25) is 5.02 Å². The summed E-state index contributed by atoms with van der Waals surface area (Å²) in [5.41, 5.74) is 1.03. The van der Waals surface area contributed by atoms with Crippen molar-refractivity contribution in [2.75, 3.05) is 7.11 Å². The second-order valence-electron chi connectivity index (χ2n) is 3.44. The van der Waals surface area contributed by atoms with Crippen molar-refractivity contribution in [1.29, 1.82) is 0 Å². The summed E-state index contributed by atoms with van der Waals surface area (Å²) >= 11 is 9.36. The first-order chi connectivity index (χ1) is 8.12. The van der Waals surface area contributed by atoms with Crippen LogP contribution in [0.4, 0.5) is 0 Å². The zero-order chi connectivity index (χ0) is 12.8. The number of methoxy groups -OCH3 is 1. The van der Waals surface area contributed by atoms with E-state index >= 15 is 0 Å². The Balaban J connectivity index is 2.88. The highest BCUT2D eigenvalue weighted by Crippen LogP contribution is 2.28. The minimum atomic E-state index is -0.622. The van der Waals surface area contributed by atoms with Crippen molar-refractivity contribution < 1.29 is 14.3 Å². The molecule has 0 aromatic heterocycles. The number of rotatable bonds is 5. The molecule has 1 aromatic carbocycles. The second kappa shape index (κ2) is 6.87. The van der Waals surface area contributed by atoms with Gasteiger partial charge in [0.2, 0.25) is 0 Å². The van der Waals surface area contributed by atoms with Crippen LogP contribution in [0, 0.1) is 0 Å². The monoisotopic (exact) mass is 320 g/mol. The fraction of sp³-hybridized carbons (Fsp3) is 0.417. The topological polar surface area (TPSA) is 35.5 Å². The normalized spacial score (nSPS) is 12.0. The average molecular weight is 322 g/mol. The van der Waals surface area contributed by atoms with Crippen molar-refractivity contribution in [2.24, 2.45) is 0 Å². The van der Waals surface area contributed by atoms with Crippen molar-refractivity contribution in [3.05, 3.63) is 28.8 Å². The molecule has 0 aliphatic carbocycles. The fourth-order valence-corrected chi connectivity index (χ4v) is 1.81. The Kier molecular flexibility index (Phi) is 5.78. The molecule has 94 valence electrons. The smallest absolute Gasteiger partial charge is 0.347 e. The molecule has 0 unspecified atom stereocenters. The quantitative estimate of drug-likeness (QED) is 0.614. The van der Waals surface area contributed by atoms with Crippen LogP contribution >= 0.6 is 27.5 Å². The first-order valence-corrected chi connectivity index (χ1v) is 6.71. The van der Waals surface area contributed by atoms with Gasteiger partial charge in [0.1, 0.15) is 5.75 Å². The van der Waals surface area contributed by atoms with Crippen LogP contribution in [-0.4, -0.2) is 19.2 Å². The summed E-state index contributed by atoms with van der Waals surface area (Å²) in [6.45, 7) is 1.85. The Morgan fingerprint density at radius 2 is 2.24 bits per heavy atom. The molecule has 0 N–H and O–H groups in total. The van der Waals surface area contributed by atoms with Crippen molar-refractivity contribution in [2.45, 2.75) is 24.8 Å². The van der Waals surface area contributed by atoms with Gasteiger partial charge in [0.25, 0.3) is 0 Å². The van der Waals surface area contributed by atoms with Crippen LogP contribution in [0.25, 0.3) is 0 Å². The van der Waals surface area contributed by atoms with Crippen LogP contribution in [0.1, 0.15) is 18.9 Å². The third-order valence-electron chi connectivity index (χ3n) is 2.25. The van der Waals surface area contributed by atoms with Gasteiger partial charge in [0.05, 0.1) is 12.1 Å². The Labute approximate surface area is 114 Å². The third-order valence-corrected chi connectivity index (χ3v) is 3.21. The summed E-state index contributed by atoms with van der Waals surface area (Å²) in [6.07, 6.45) is -0.0928. The number of esters is 1. The molecule has 0 aliphatic heterocycles. The molecule has 0 heterocycles. The molecule has 0 aliphatic rings. The lowest BCUT2D eigenvalue weighted by Crippen LogP contribution is -2.27. The summed E-state index contributed by atoms with van der Waals surface area (Å²) in [7, 11) is 1.34. The van der Waals surface area contributed by atoms with Crippen LogP contribution in [-0.2, 0) is 14.9 Å². The summed E-state index contributed by atoms with van der Waals surface area (Å²) < 4.78 is 10.2. The predicted octanol–water partition coefficient (Wildman–Crippen LogP) is 3.57. The van der Waals surface area contributed by atoms with Gasteiger partial charge < -0.3 is 9.47 Å². The summed E-state index contributed by atoms with van der Waals surface area (Å²) in [5, 5.41) is 1.19. The molecule has 1 atom stereocenters. The van der Waals surface area contributed by atoms with Crippen LogP contribution < -0.4 is 4.74 Å². The lowest BCUT2D eigenvalue weighted by atomic mass is 10.2. The van der Waals surface area contributed by atoms with Gasteiger partial charge in [0.15, 0.2) is 6.10 Å². The van der Waals surface area contributed by atoms with Crippen molar-refractivity contribution in [3.8, 4) is 5.75 Å². The lowest BCUT2D eigenvalue weighted by Gasteiger charge is -2.16. The maximum Gasteiger partial charge on any atom is 0.347 e. The van der Waals surface area contributed by atoms with Gasteiger partial charge >= 0.3 is 5.97 Å². The number of hydrogen-bond donors (Lipinski definition) is 0. The molecule has 5 heteroatoms. The number of ether oxygens (including phenoxy) is 2. The van der Waals surface area contributed by atoms with Gasteiger partial charge in [-0.05, 0) is 24.1 Å². The van der Waals surface area contributed by atoms with Gasteiger partial charge in [-0.3, -0.25) is 0 Å². The number of hydrogen-bond acceptors (Lipinski definition) is 3. The lowest BCUT2D eigenvalue weighted by molar-refractivity contribution is -0.148. The Morgan fingerprint density at radius 3 is 2.76 bits per heavy atom. The van der Waals surface area contributed by atoms with Crippen molar-refractivity contribution in [1.82, 2.24) is 0 Å². The third kappa shape index (κ3) is 3.89. The highest BCUT2D eigenvalue weighted by molar-refractivity contribution is 9.08. The molecular formula is C12H14BrClO3. The zero-order valence-electron chi connectivity index (χ0n) is 9.70. The molecule has 1 rings (SSSR count). The Hall–Kier alpha value is -0.740. The van der Waals surface area contributed by atoms with Gasteiger partial charge in [-0.1, -0.05) is 40.5 Å². The highest BCUT2D eigenvalue weighted by atomic mass is 79.9. The maximum atomic E-state index is 11.4. The molecule has 0 radical (unpaired) electrons. The van der Waals surface area contributed by atoms with E-state index < -0.39 is 12.1 Å². The molecule has 0 amide bonds. The standard InChI is InChI=1S/C12H14BrClO3/c1-3-10(12(15)16-2)17-11-6-8(7-13)4-5-9(11)14/h4-6,10H,3,7H2,1-2H3/t10-/m0/s1. The van der Waals surface area contributed by atoms with E-state index in [1.807, 2.05) is 19.1 Å². The number of carbonyl (C=O) groups excluding carboxylic acids is 1. The van der Waals surface area contributed by atoms with E-state index in [1.165, 1.54) is 7.11 Å². The molecule has 0 bridgehead atoms. The zero-order valence-corrected chi connectivity index (χ0v) is 12.0. The second-order valence-corrected chi connectivity index (χ2v) is 4.40. The van der Waals surface area contributed by atoms with Crippen LogP contribution in [0.3, 0.4) is 0 Å². The SMILES string of the molecule is CC[C@H](Oc1cc(CBr)ccc1Cl)C(=O)OC.